The van der Waals surface area contributed by atoms with Crippen molar-refractivity contribution in [1.29, 1.82) is 0 Å². The van der Waals surface area contributed by atoms with Gasteiger partial charge in [0, 0.05) is 10.7 Å². The van der Waals surface area contributed by atoms with E-state index in [2.05, 4.69) is 10.6 Å². The summed E-state index contributed by atoms with van der Waals surface area (Å²) >= 11 is 5.87. The molecule has 0 bridgehead atoms. The minimum absolute atomic E-state index is 0.183. The molecule has 3 rings (SSSR count). The topological polar surface area (TPSA) is 75.8 Å². The van der Waals surface area contributed by atoms with Crippen LogP contribution in [0.25, 0.3) is 0 Å². The number of hydrogen-bond donors (Lipinski definition) is 3. The van der Waals surface area contributed by atoms with Crippen molar-refractivity contribution in [2.75, 3.05) is 24.2 Å². The summed E-state index contributed by atoms with van der Waals surface area (Å²) in [6.45, 7) is 2.73. The minimum Gasteiger partial charge on any atom is -0.460 e. The van der Waals surface area contributed by atoms with Crippen LogP contribution in [0.15, 0.2) is 65.1 Å². The number of carbonyl (C=O) groups excluding carboxylic acids is 2. The molecule has 3 aromatic rings. The molecule has 0 aliphatic carbocycles. The third-order valence-electron chi connectivity index (χ3n) is 4.28. The van der Waals surface area contributed by atoms with Crippen LogP contribution in [-0.2, 0) is 11.3 Å². The number of benzene rings is 2. The predicted octanol–water partition coefficient (Wildman–Crippen LogP) is 3.15. The van der Waals surface area contributed by atoms with Crippen molar-refractivity contribution in [1.82, 2.24) is 0 Å². The number of likely N-dealkylation sites (N-methyl/N-ethyl adjacent to an activating group) is 1. The Morgan fingerprint density at radius 1 is 1.00 bits per heavy atom. The first-order valence-corrected chi connectivity index (χ1v) is 9.61. The van der Waals surface area contributed by atoms with Crippen LogP contribution in [0.3, 0.4) is 0 Å². The first kappa shape index (κ1) is 20.6. The van der Waals surface area contributed by atoms with Gasteiger partial charge in [-0.15, -0.1) is 0 Å². The summed E-state index contributed by atoms with van der Waals surface area (Å²) < 4.78 is 5.55. The van der Waals surface area contributed by atoms with Gasteiger partial charge in [-0.25, -0.2) is 0 Å². The van der Waals surface area contributed by atoms with E-state index in [1.54, 1.807) is 48.5 Å². The van der Waals surface area contributed by atoms with E-state index in [1.807, 2.05) is 26.1 Å². The number of quaternary nitrogens is 1. The molecule has 1 heterocycles. The summed E-state index contributed by atoms with van der Waals surface area (Å²) in [7, 11) is 1.91. The van der Waals surface area contributed by atoms with Crippen LogP contribution < -0.4 is 15.5 Å². The van der Waals surface area contributed by atoms with Crippen molar-refractivity contribution < 1.29 is 18.9 Å². The van der Waals surface area contributed by atoms with Crippen LogP contribution >= 0.6 is 11.6 Å². The van der Waals surface area contributed by atoms with Crippen LogP contribution in [0.4, 0.5) is 11.4 Å². The molecule has 0 saturated carbocycles. The molecule has 6 nitrogen and oxygen atoms in total. The van der Waals surface area contributed by atoms with E-state index in [-0.39, 0.29) is 18.4 Å². The summed E-state index contributed by atoms with van der Waals surface area (Å²) in [5.41, 5.74) is 1.47. The van der Waals surface area contributed by atoms with Crippen LogP contribution in [0.5, 0.6) is 0 Å². The fraction of sp³-hybridized carbons (Fsp3) is 0.182. The van der Waals surface area contributed by atoms with E-state index in [9.17, 15) is 9.59 Å². The maximum Gasteiger partial charge on any atom is 0.279 e. The Hall–Kier alpha value is -3.09. The number of amides is 2. The summed E-state index contributed by atoms with van der Waals surface area (Å²) in [5, 5.41) is 6.23. The third kappa shape index (κ3) is 5.94. The molecule has 0 aliphatic heterocycles. The lowest BCUT2D eigenvalue weighted by molar-refractivity contribution is -0.886. The van der Waals surface area contributed by atoms with Gasteiger partial charge < -0.3 is 20.0 Å². The summed E-state index contributed by atoms with van der Waals surface area (Å²) in [5.74, 6) is 1.18. The monoisotopic (exact) mass is 412 g/mol. The Morgan fingerprint density at radius 2 is 1.72 bits per heavy atom. The largest absolute Gasteiger partial charge is 0.460 e. The van der Waals surface area contributed by atoms with Crippen molar-refractivity contribution >= 4 is 34.8 Å². The van der Waals surface area contributed by atoms with E-state index in [0.717, 1.165) is 16.4 Å². The Labute approximate surface area is 174 Å². The lowest BCUT2D eigenvalue weighted by Crippen LogP contribution is -3.08. The molecular formula is C22H23ClN3O3+. The molecule has 3 N–H and O–H groups in total. The molecule has 2 amide bonds. The van der Waals surface area contributed by atoms with Crippen molar-refractivity contribution in [3.63, 3.8) is 0 Å². The van der Waals surface area contributed by atoms with Gasteiger partial charge in [0.05, 0.1) is 18.3 Å². The Kier molecular flexibility index (Phi) is 6.69. The van der Waals surface area contributed by atoms with Gasteiger partial charge in [0.25, 0.3) is 11.8 Å². The quantitative estimate of drug-likeness (QED) is 0.558. The summed E-state index contributed by atoms with van der Waals surface area (Å²) in [6, 6.07) is 17.5. The second kappa shape index (κ2) is 9.41. The highest BCUT2D eigenvalue weighted by atomic mass is 35.5. The minimum atomic E-state index is -0.310. The van der Waals surface area contributed by atoms with Gasteiger partial charge >= 0.3 is 0 Å². The lowest BCUT2D eigenvalue weighted by atomic mass is 10.1. The highest BCUT2D eigenvalue weighted by molar-refractivity contribution is 6.30. The fourth-order valence-corrected chi connectivity index (χ4v) is 3.06. The zero-order chi connectivity index (χ0) is 20.8. The van der Waals surface area contributed by atoms with Gasteiger partial charge in [0.2, 0.25) is 0 Å². The molecule has 1 unspecified atom stereocenters. The van der Waals surface area contributed by atoms with E-state index in [0.29, 0.717) is 28.5 Å². The van der Waals surface area contributed by atoms with Gasteiger partial charge in [-0.1, -0.05) is 23.7 Å². The molecule has 150 valence electrons. The van der Waals surface area contributed by atoms with Gasteiger partial charge in [0.1, 0.15) is 12.3 Å². The number of hydrogen-bond acceptors (Lipinski definition) is 3. The standard InChI is InChI=1S/C22H22ClN3O3/c1-15-7-12-18(29-15)13-26(2)14-21(27)25-20-6-4-3-5-19(20)22(28)24-17-10-8-16(23)9-11-17/h3-12H,13-14H2,1-2H3,(H,24,28)(H,25,27)/p+1. The van der Waals surface area contributed by atoms with Gasteiger partial charge in [0.15, 0.2) is 12.3 Å². The average Bonchev–Trinajstić information content (AvgIpc) is 3.08. The number of nitrogens with one attached hydrogen (secondary N) is 3. The van der Waals surface area contributed by atoms with Crippen LogP contribution in [-0.4, -0.2) is 25.4 Å². The number of aryl methyl sites for hydroxylation is 1. The lowest BCUT2D eigenvalue weighted by Gasteiger charge is -2.14. The molecule has 0 radical (unpaired) electrons. The number of para-hydroxylation sites is 1. The van der Waals surface area contributed by atoms with Crippen molar-refractivity contribution in [2.45, 2.75) is 13.5 Å². The molecule has 0 fully saturated rings. The molecule has 29 heavy (non-hydrogen) atoms. The molecule has 7 heteroatoms. The second-order valence-electron chi connectivity index (χ2n) is 6.88. The SMILES string of the molecule is Cc1ccc(C[NH+](C)CC(=O)Nc2ccccc2C(=O)Nc2ccc(Cl)cc2)o1. The molecule has 0 aliphatic rings. The molecule has 0 spiro atoms. The van der Waals surface area contributed by atoms with E-state index in [1.165, 1.54) is 0 Å². The second-order valence-corrected chi connectivity index (χ2v) is 7.31. The normalized spacial score (nSPS) is 11.7. The van der Waals surface area contributed by atoms with Crippen LogP contribution in [0.2, 0.25) is 5.02 Å². The van der Waals surface area contributed by atoms with Crippen LogP contribution in [0, 0.1) is 6.92 Å². The number of furan rings is 1. The summed E-state index contributed by atoms with van der Waals surface area (Å²) in [4.78, 5) is 26.1. The molecule has 0 saturated heterocycles. The average molecular weight is 413 g/mol. The van der Waals surface area contributed by atoms with E-state index < -0.39 is 0 Å². The smallest absolute Gasteiger partial charge is 0.279 e. The first-order chi connectivity index (χ1) is 13.9. The zero-order valence-corrected chi connectivity index (χ0v) is 17.0. The third-order valence-corrected chi connectivity index (χ3v) is 4.53. The highest BCUT2D eigenvalue weighted by Crippen LogP contribution is 2.18. The number of carbonyl (C=O) groups is 2. The number of anilines is 2. The Bertz CT molecular complexity index is 999. The molecule has 2 aromatic carbocycles. The first-order valence-electron chi connectivity index (χ1n) is 9.23. The van der Waals surface area contributed by atoms with E-state index in [4.69, 9.17) is 16.0 Å². The van der Waals surface area contributed by atoms with Crippen molar-refractivity contribution in [3.05, 3.63) is 82.8 Å². The predicted molar refractivity (Wildman–Crippen MR) is 113 cm³/mol. The van der Waals surface area contributed by atoms with Crippen LogP contribution in [0.1, 0.15) is 21.9 Å². The number of halogens is 1. The van der Waals surface area contributed by atoms with Crippen molar-refractivity contribution in [2.24, 2.45) is 0 Å². The Morgan fingerprint density at radius 3 is 2.41 bits per heavy atom. The molecular weight excluding hydrogens is 390 g/mol. The van der Waals surface area contributed by atoms with E-state index >= 15 is 0 Å². The molecule has 1 atom stereocenters. The maximum absolute atomic E-state index is 12.7. The highest BCUT2D eigenvalue weighted by Gasteiger charge is 2.16. The van der Waals surface area contributed by atoms with Gasteiger partial charge in [-0.2, -0.15) is 0 Å². The van der Waals surface area contributed by atoms with Gasteiger partial charge in [-0.3, -0.25) is 9.59 Å². The Balaban J connectivity index is 1.62. The van der Waals surface area contributed by atoms with Crippen molar-refractivity contribution in [3.8, 4) is 0 Å². The number of rotatable bonds is 7. The molecule has 1 aromatic heterocycles. The van der Waals surface area contributed by atoms with Gasteiger partial charge in [-0.05, 0) is 55.5 Å². The fourth-order valence-electron chi connectivity index (χ4n) is 2.93. The maximum atomic E-state index is 12.7. The summed E-state index contributed by atoms with van der Waals surface area (Å²) in [6.07, 6.45) is 0. The zero-order valence-electron chi connectivity index (χ0n) is 16.3.